The van der Waals surface area contributed by atoms with Crippen molar-refractivity contribution in [3.05, 3.63) is 54.0 Å². The van der Waals surface area contributed by atoms with Gasteiger partial charge in [-0.05, 0) is 44.6 Å². The van der Waals surface area contributed by atoms with E-state index in [9.17, 15) is 4.79 Å². The van der Waals surface area contributed by atoms with Gasteiger partial charge in [0.2, 0.25) is 0 Å². The number of amides is 1. The van der Waals surface area contributed by atoms with Crippen LogP contribution in [0.15, 0.2) is 52.0 Å². The SMILES string of the molecule is CSc1ccccc1C(=O)NC[C@@H](c1ccco1)N(C)C. The van der Waals surface area contributed by atoms with E-state index in [4.69, 9.17) is 4.42 Å². The summed E-state index contributed by atoms with van der Waals surface area (Å²) in [6, 6.07) is 11.4. The number of furan rings is 1. The van der Waals surface area contributed by atoms with E-state index in [-0.39, 0.29) is 11.9 Å². The Balaban J connectivity index is 2.06. The molecular weight excluding hydrogens is 284 g/mol. The Morgan fingerprint density at radius 3 is 2.67 bits per heavy atom. The Hall–Kier alpha value is -1.72. The minimum atomic E-state index is -0.0571. The van der Waals surface area contributed by atoms with Gasteiger partial charge in [0.15, 0.2) is 0 Å². The lowest BCUT2D eigenvalue weighted by molar-refractivity contribution is 0.0936. The summed E-state index contributed by atoms with van der Waals surface area (Å²) >= 11 is 1.57. The number of benzene rings is 1. The van der Waals surface area contributed by atoms with Crippen molar-refractivity contribution in [2.45, 2.75) is 10.9 Å². The molecule has 0 spiro atoms. The van der Waals surface area contributed by atoms with Gasteiger partial charge in [-0.3, -0.25) is 9.69 Å². The number of nitrogens with one attached hydrogen (secondary N) is 1. The van der Waals surface area contributed by atoms with Crippen molar-refractivity contribution in [3.8, 4) is 0 Å². The minimum absolute atomic E-state index is 0.0189. The topological polar surface area (TPSA) is 45.5 Å². The van der Waals surface area contributed by atoms with Crippen LogP contribution in [0.5, 0.6) is 0 Å². The molecular formula is C16H20N2O2S. The molecule has 0 saturated carbocycles. The van der Waals surface area contributed by atoms with Crippen molar-refractivity contribution in [2.24, 2.45) is 0 Å². The molecule has 0 aliphatic heterocycles. The van der Waals surface area contributed by atoms with Gasteiger partial charge in [0.05, 0.1) is 17.9 Å². The van der Waals surface area contributed by atoms with Crippen LogP contribution in [0.4, 0.5) is 0 Å². The largest absolute Gasteiger partial charge is 0.468 e. The second-order valence-electron chi connectivity index (χ2n) is 4.91. The van der Waals surface area contributed by atoms with Crippen LogP contribution in [-0.2, 0) is 0 Å². The predicted octanol–water partition coefficient (Wildman–Crippen LogP) is 3.03. The predicted molar refractivity (Wildman–Crippen MR) is 85.7 cm³/mol. The van der Waals surface area contributed by atoms with E-state index in [0.717, 1.165) is 10.7 Å². The lowest BCUT2D eigenvalue weighted by Gasteiger charge is -2.22. The Labute approximate surface area is 129 Å². The molecule has 0 aliphatic carbocycles. The molecule has 1 amide bonds. The Morgan fingerprint density at radius 2 is 2.05 bits per heavy atom. The fourth-order valence-corrected chi connectivity index (χ4v) is 2.73. The van der Waals surface area contributed by atoms with Crippen molar-refractivity contribution < 1.29 is 9.21 Å². The van der Waals surface area contributed by atoms with Crippen molar-refractivity contribution in [3.63, 3.8) is 0 Å². The highest BCUT2D eigenvalue weighted by atomic mass is 32.2. The molecule has 21 heavy (non-hydrogen) atoms. The molecule has 0 radical (unpaired) electrons. The number of hydrogen-bond donors (Lipinski definition) is 1. The second-order valence-corrected chi connectivity index (χ2v) is 5.75. The summed E-state index contributed by atoms with van der Waals surface area (Å²) in [7, 11) is 3.93. The molecule has 4 nitrogen and oxygen atoms in total. The Morgan fingerprint density at radius 1 is 1.29 bits per heavy atom. The zero-order chi connectivity index (χ0) is 15.2. The number of rotatable bonds is 6. The van der Waals surface area contributed by atoms with Gasteiger partial charge < -0.3 is 9.73 Å². The summed E-state index contributed by atoms with van der Waals surface area (Å²) < 4.78 is 5.44. The van der Waals surface area contributed by atoms with Gasteiger partial charge in [-0.2, -0.15) is 0 Å². The number of carbonyl (C=O) groups excluding carboxylic acids is 1. The zero-order valence-corrected chi connectivity index (χ0v) is 13.3. The average molecular weight is 304 g/mol. The first-order valence-electron chi connectivity index (χ1n) is 6.74. The van der Waals surface area contributed by atoms with Gasteiger partial charge in [0, 0.05) is 11.4 Å². The summed E-state index contributed by atoms with van der Waals surface area (Å²) in [5, 5.41) is 2.99. The van der Waals surface area contributed by atoms with E-state index in [1.54, 1.807) is 18.0 Å². The smallest absolute Gasteiger partial charge is 0.252 e. The fraction of sp³-hybridized carbons (Fsp3) is 0.312. The number of thioether (sulfide) groups is 1. The van der Waals surface area contributed by atoms with E-state index in [1.807, 2.05) is 61.6 Å². The molecule has 0 unspecified atom stereocenters. The quantitative estimate of drug-likeness (QED) is 0.833. The summed E-state index contributed by atoms with van der Waals surface area (Å²) in [6.45, 7) is 0.502. The van der Waals surface area contributed by atoms with Crippen LogP contribution < -0.4 is 5.32 Å². The number of likely N-dealkylation sites (N-methyl/N-ethyl adjacent to an activating group) is 1. The van der Waals surface area contributed by atoms with Crippen LogP contribution in [0.2, 0.25) is 0 Å². The molecule has 0 aliphatic rings. The highest BCUT2D eigenvalue weighted by Gasteiger charge is 2.19. The molecule has 1 N–H and O–H groups in total. The average Bonchev–Trinajstić information content (AvgIpc) is 3.01. The Kier molecular flexibility index (Phi) is 5.47. The van der Waals surface area contributed by atoms with Crippen LogP contribution in [0.1, 0.15) is 22.2 Å². The number of hydrogen-bond acceptors (Lipinski definition) is 4. The first-order chi connectivity index (χ1) is 10.1. The van der Waals surface area contributed by atoms with Crippen LogP contribution in [0.3, 0.4) is 0 Å². The van der Waals surface area contributed by atoms with Crippen molar-refractivity contribution >= 4 is 17.7 Å². The number of nitrogens with zero attached hydrogens (tertiary/aromatic N) is 1. The molecule has 2 aromatic rings. The lowest BCUT2D eigenvalue weighted by atomic mass is 10.1. The molecule has 0 fully saturated rings. The van der Waals surface area contributed by atoms with Gasteiger partial charge >= 0.3 is 0 Å². The fourth-order valence-electron chi connectivity index (χ4n) is 2.14. The van der Waals surface area contributed by atoms with E-state index in [0.29, 0.717) is 12.1 Å². The van der Waals surface area contributed by atoms with Crippen LogP contribution in [0.25, 0.3) is 0 Å². The van der Waals surface area contributed by atoms with Crippen LogP contribution in [0, 0.1) is 0 Å². The molecule has 112 valence electrons. The third kappa shape index (κ3) is 3.89. The van der Waals surface area contributed by atoms with E-state index < -0.39 is 0 Å². The third-order valence-electron chi connectivity index (χ3n) is 3.30. The van der Waals surface area contributed by atoms with Gasteiger partial charge in [-0.1, -0.05) is 12.1 Å². The zero-order valence-electron chi connectivity index (χ0n) is 12.5. The van der Waals surface area contributed by atoms with E-state index in [1.165, 1.54) is 0 Å². The standard InChI is InChI=1S/C16H20N2O2S/c1-18(2)13(14-8-6-10-20-14)11-17-16(19)12-7-4-5-9-15(12)21-3/h4-10,13H,11H2,1-3H3,(H,17,19)/t13-/m0/s1. The molecule has 1 heterocycles. The van der Waals surface area contributed by atoms with Crippen molar-refractivity contribution in [1.82, 2.24) is 10.2 Å². The van der Waals surface area contributed by atoms with Crippen molar-refractivity contribution in [2.75, 3.05) is 26.9 Å². The first-order valence-corrected chi connectivity index (χ1v) is 7.97. The van der Waals surface area contributed by atoms with E-state index in [2.05, 4.69) is 5.32 Å². The maximum Gasteiger partial charge on any atom is 0.252 e. The lowest BCUT2D eigenvalue weighted by Crippen LogP contribution is -2.34. The van der Waals surface area contributed by atoms with Gasteiger partial charge in [0.25, 0.3) is 5.91 Å². The first kappa shape index (κ1) is 15.7. The molecule has 2 rings (SSSR count). The summed E-state index contributed by atoms with van der Waals surface area (Å²) in [5.74, 6) is 0.789. The minimum Gasteiger partial charge on any atom is -0.468 e. The second kappa shape index (κ2) is 7.33. The van der Waals surface area contributed by atoms with Crippen molar-refractivity contribution in [1.29, 1.82) is 0 Å². The van der Waals surface area contributed by atoms with Gasteiger partial charge in [-0.15, -0.1) is 11.8 Å². The molecule has 0 saturated heterocycles. The molecule has 1 atom stereocenters. The van der Waals surface area contributed by atoms with Crippen LogP contribution >= 0.6 is 11.8 Å². The Bertz CT molecular complexity index is 582. The molecule has 5 heteroatoms. The summed E-state index contributed by atoms with van der Waals surface area (Å²) in [4.78, 5) is 15.4. The normalized spacial score (nSPS) is 12.4. The summed E-state index contributed by atoms with van der Waals surface area (Å²) in [6.07, 6.45) is 3.62. The van der Waals surface area contributed by atoms with E-state index >= 15 is 0 Å². The molecule has 1 aromatic carbocycles. The molecule has 1 aromatic heterocycles. The van der Waals surface area contributed by atoms with Gasteiger partial charge in [0.1, 0.15) is 5.76 Å². The maximum absolute atomic E-state index is 12.3. The number of carbonyl (C=O) groups is 1. The highest BCUT2D eigenvalue weighted by molar-refractivity contribution is 7.98. The van der Waals surface area contributed by atoms with Gasteiger partial charge in [-0.25, -0.2) is 0 Å². The maximum atomic E-state index is 12.3. The summed E-state index contributed by atoms with van der Waals surface area (Å²) in [5.41, 5.74) is 0.710. The van der Waals surface area contributed by atoms with Crippen LogP contribution in [-0.4, -0.2) is 37.7 Å². The third-order valence-corrected chi connectivity index (χ3v) is 4.10. The highest BCUT2D eigenvalue weighted by Crippen LogP contribution is 2.21. The molecule has 0 bridgehead atoms. The monoisotopic (exact) mass is 304 g/mol.